The van der Waals surface area contributed by atoms with Crippen molar-refractivity contribution in [1.29, 1.82) is 0 Å². The third-order valence-corrected chi connectivity index (χ3v) is 13.2. The fraction of sp³-hybridized carbons (Fsp3) is 0.158. The van der Waals surface area contributed by atoms with Gasteiger partial charge in [-0.3, -0.25) is 10.0 Å². The van der Waals surface area contributed by atoms with Crippen molar-refractivity contribution in [3.8, 4) is 22.3 Å². The van der Waals surface area contributed by atoms with Crippen molar-refractivity contribution in [3.05, 3.63) is 240 Å². The lowest BCUT2D eigenvalue weighted by Crippen LogP contribution is -2.47. The molecule has 61 heavy (non-hydrogen) atoms. The van der Waals surface area contributed by atoms with Gasteiger partial charge in [0.1, 0.15) is 6.17 Å². The molecule has 0 radical (unpaired) electrons. The van der Waals surface area contributed by atoms with Gasteiger partial charge in [-0.2, -0.15) is 5.10 Å². The third-order valence-electron chi connectivity index (χ3n) is 13.2. The quantitative estimate of drug-likeness (QED) is 0.170. The molecule has 6 aliphatic rings. The van der Waals surface area contributed by atoms with E-state index in [-0.39, 0.29) is 24.0 Å². The predicted molar refractivity (Wildman–Crippen MR) is 253 cm³/mol. The average Bonchev–Trinajstić information content (AvgIpc) is 3.80. The topological polar surface area (TPSA) is 40.0 Å². The van der Waals surface area contributed by atoms with Crippen molar-refractivity contribution >= 4 is 23.2 Å². The lowest BCUT2D eigenvalue weighted by molar-refractivity contribution is 0.168. The Morgan fingerprint density at radius 1 is 0.557 bits per heavy atom. The van der Waals surface area contributed by atoms with Crippen LogP contribution in [-0.2, 0) is 0 Å². The molecule has 0 bridgehead atoms. The van der Waals surface area contributed by atoms with Crippen LogP contribution in [0.15, 0.2) is 228 Å². The Morgan fingerprint density at radius 2 is 1.20 bits per heavy atom. The number of hydrogen-bond acceptors (Lipinski definition) is 4. The lowest BCUT2D eigenvalue weighted by Gasteiger charge is -2.47. The third kappa shape index (κ3) is 7.12. The van der Waals surface area contributed by atoms with Gasteiger partial charge in [-0.15, -0.1) is 0 Å². The largest absolute Gasteiger partial charge is 0.360 e. The second kappa shape index (κ2) is 16.2. The van der Waals surface area contributed by atoms with Crippen molar-refractivity contribution in [2.45, 2.75) is 31.5 Å². The second-order valence-corrected chi connectivity index (χ2v) is 16.8. The summed E-state index contributed by atoms with van der Waals surface area (Å²) in [6, 6.07) is 48.4. The van der Waals surface area contributed by atoms with Gasteiger partial charge >= 0.3 is 0 Å². The second-order valence-electron chi connectivity index (χ2n) is 16.8. The van der Waals surface area contributed by atoms with Gasteiger partial charge in [0.2, 0.25) is 0 Å². The lowest BCUT2D eigenvalue weighted by atomic mass is 9.67. The minimum atomic E-state index is -0.162. The summed E-state index contributed by atoms with van der Waals surface area (Å²) in [5, 5.41) is 11.4. The number of fused-ring (bicyclic) bond motifs is 3. The summed E-state index contributed by atoms with van der Waals surface area (Å²) in [6.07, 6.45) is 32.8. The average molecular weight is 789 g/mol. The van der Waals surface area contributed by atoms with E-state index in [9.17, 15) is 0 Å². The Kier molecular flexibility index (Phi) is 9.82. The van der Waals surface area contributed by atoms with Crippen molar-refractivity contribution in [3.63, 3.8) is 0 Å². The number of aliphatic imine (C=N–C) groups is 1. The van der Waals surface area contributed by atoms with Crippen LogP contribution >= 0.6 is 0 Å². The number of allylic oxidation sites excluding steroid dienone is 12. The van der Waals surface area contributed by atoms with E-state index in [1.807, 2.05) is 12.1 Å². The van der Waals surface area contributed by atoms with Crippen LogP contribution in [0.5, 0.6) is 0 Å². The summed E-state index contributed by atoms with van der Waals surface area (Å²) in [6.45, 7) is 0. The fourth-order valence-electron chi connectivity index (χ4n) is 10.1. The smallest absolute Gasteiger partial charge is 0.145 e. The number of hydrazone groups is 1. The number of nitrogens with one attached hydrogen (secondary N) is 1. The van der Waals surface area contributed by atoms with Crippen LogP contribution in [0.3, 0.4) is 0 Å². The maximum atomic E-state index is 5.25. The normalized spacial score (nSPS) is 24.8. The number of hydrogen-bond donors (Lipinski definition) is 1. The van der Waals surface area contributed by atoms with Crippen LogP contribution in [0, 0.1) is 23.7 Å². The van der Waals surface area contributed by atoms with Gasteiger partial charge in [0.25, 0.3) is 0 Å². The zero-order valence-corrected chi connectivity index (χ0v) is 34.1. The molecule has 0 saturated heterocycles. The SMILES string of the molecule is C1=CCCC(C2C=NN3C(C4C=CC=CC4)=C(c4ccc(-c5ccc(-c6ccc(C7=CC(c8ccccc8)=NC(c8ccccc8)N7)cc6)cc5)cc4)C4C=CC=CC4C23)=C1. The first-order valence-corrected chi connectivity index (χ1v) is 21.8. The molecular weight excluding hydrogens is 741 g/mol. The van der Waals surface area contributed by atoms with Gasteiger partial charge in [-0.1, -0.05) is 206 Å². The molecule has 1 N–H and O–H groups in total. The molecule has 11 rings (SSSR count). The predicted octanol–water partition coefficient (Wildman–Crippen LogP) is 12.9. The van der Waals surface area contributed by atoms with Gasteiger partial charge in [-0.05, 0) is 75.4 Å². The highest BCUT2D eigenvalue weighted by molar-refractivity contribution is 6.13. The standard InChI is InChI=1S/C57H48N4/c1-5-15-43(16-6-1)51-38-58-61-55(47-19-9-3-10-20-47)54(49-23-13-14-24-50(49)56(51)61)46-35-31-42(32-36-46)40-27-25-39(26-28-40)41-29-33-45(34-30-41)53-37-52(44-17-7-2-8-18-44)59-57(60-53)48-21-11-4-12-22-48/h1-5,7-15,17-19,21-38,47,49-51,56-57,60H,6,16,20H2. The van der Waals surface area contributed by atoms with E-state index < -0.39 is 0 Å². The van der Waals surface area contributed by atoms with Crippen molar-refractivity contribution in [2.75, 3.05) is 0 Å². The first-order chi connectivity index (χ1) is 30.2. The molecule has 3 heterocycles. The van der Waals surface area contributed by atoms with Gasteiger partial charge in [0, 0.05) is 41.3 Å². The Balaban J connectivity index is 0.861. The van der Waals surface area contributed by atoms with Crippen LogP contribution in [0.2, 0.25) is 0 Å². The molecule has 4 heteroatoms. The van der Waals surface area contributed by atoms with E-state index in [4.69, 9.17) is 10.1 Å². The minimum absolute atomic E-state index is 0.162. The van der Waals surface area contributed by atoms with E-state index in [0.29, 0.717) is 11.8 Å². The molecular formula is C57H48N4. The van der Waals surface area contributed by atoms with Crippen LogP contribution < -0.4 is 5.32 Å². The Morgan fingerprint density at radius 3 is 1.85 bits per heavy atom. The molecule has 3 aliphatic carbocycles. The molecule has 5 aromatic carbocycles. The molecule has 4 nitrogen and oxygen atoms in total. The highest BCUT2D eigenvalue weighted by Gasteiger charge is 2.49. The first kappa shape index (κ1) is 37.0. The molecule has 6 unspecified atom stereocenters. The summed E-state index contributed by atoms with van der Waals surface area (Å²) in [4.78, 5) is 5.10. The van der Waals surface area contributed by atoms with Crippen LogP contribution in [0.4, 0.5) is 0 Å². The number of nitrogens with zero attached hydrogens (tertiary/aromatic N) is 3. The fourth-order valence-corrected chi connectivity index (χ4v) is 10.1. The van der Waals surface area contributed by atoms with Gasteiger partial charge in [0.05, 0.1) is 11.8 Å². The van der Waals surface area contributed by atoms with Crippen molar-refractivity contribution < 1.29 is 0 Å². The van der Waals surface area contributed by atoms with Crippen molar-refractivity contribution in [2.24, 2.45) is 33.8 Å². The summed E-state index contributed by atoms with van der Waals surface area (Å²) in [7, 11) is 0. The van der Waals surface area contributed by atoms with Gasteiger partial charge in [0.15, 0.2) is 0 Å². The number of rotatable bonds is 8. The number of benzene rings is 5. The summed E-state index contributed by atoms with van der Waals surface area (Å²) < 4.78 is 0. The maximum Gasteiger partial charge on any atom is 0.145 e. The Bertz CT molecular complexity index is 2740. The minimum Gasteiger partial charge on any atom is -0.360 e. The molecule has 296 valence electrons. The van der Waals surface area contributed by atoms with Crippen LogP contribution in [0.1, 0.15) is 47.7 Å². The zero-order valence-electron chi connectivity index (χ0n) is 34.1. The van der Waals surface area contributed by atoms with Crippen molar-refractivity contribution in [1.82, 2.24) is 10.3 Å². The highest BCUT2D eigenvalue weighted by Crippen LogP contribution is 2.52. The highest BCUT2D eigenvalue weighted by atomic mass is 15.5. The molecule has 0 saturated carbocycles. The molecule has 0 spiro atoms. The maximum absolute atomic E-state index is 5.25. The van der Waals surface area contributed by atoms with Crippen LogP contribution in [-0.4, -0.2) is 23.0 Å². The monoisotopic (exact) mass is 788 g/mol. The van der Waals surface area contributed by atoms with Gasteiger partial charge in [-0.25, -0.2) is 0 Å². The molecule has 6 atom stereocenters. The van der Waals surface area contributed by atoms with E-state index in [1.165, 1.54) is 44.7 Å². The molecule has 0 amide bonds. The van der Waals surface area contributed by atoms with Crippen LogP contribution in [0.25, 0.3) is 33.5 Å². The molecule has 0 fully saturated rings. The summed E-state index contributed by atoms with van der Waals surface area (Å²) in [5.74, 6) is 1.23. The van der Waals surface area contributed by atoms with E-state index in [0.717, 1.165) is 47.4 Å². The molecule has 3 aliphatic heterocycles. The summed E-state index contributed by atoms with van der Waals surface area (Å²) in [5.41, 5.74) is 15.8. The molecule has 5 aromatic rings. The Labute approximate surface area is 359 Å². The molecule has 0 aromatic heterocycles. The Hall–Kier alpha value is -7.04. The van der Waals surface area contributed by atoms with E-state index in [1.54, 1.807) is 0 Å². The zero-order chi connectivity index (χ0) is 40.5. The van der Waals surface area contributed by atoms with Gasteiger partial charge < -0.3 is 5.32 Å². The summed E-state index contributed by atoms with van der Waals surface area (Å²) >= 11 is 0. The van der Waals surface area contributed by atoms with E-state index in [2.05, 4.69) is 211 Å². The van der Waals surface area contributed by atoms with E-state index >= 15 is 0 Å². The first-order valence-electron chi connectivity index (χ1n) is 21.8.